The van der Waals surface area contributed by atoms with E-state index in [4.69, 9.17) is 18.5 Å². The van der Waals surface area contributed by atoms with Crippen LogP contribution in [0.25, 0.3) is 0 Å². The standard InChI is InChI=1S/C90H154NO8P/c1-6-8-10-12-14-16-18-20-22-24-26-28-30-32-34-36-38-40-42-44-45-47-48-50-52-54-56-58-60-62-64-66-68-70-72-74-76-78-80-82-89(92)96-86-88(87-98-100(94,95)97-85-84-91(3,4)5)99-90(93)83-81-79-77-75-73-71-69-67-65-63-61-59-57-55-53-51-49-46-43-41-39-37-35-33-31-29-27-25-23-21-19-17-15-13-11-9-7-2/h8-11,14-17,20-23,26-29,32-35,39,41,46,49,53,55,88H,6-7,12-13,18-19,24-25,30-31,36-38,40,42-45,47-48,50-52,54,56-87H2,1-5H3/b10-8-,11-9-,16-14-,17-15-,22-20-,23-21-,28-26-,29-27-,34-32-,35-33-,41-39-,49-46-,55-53-. The van der Waals surface area contributed by atoms with Gasteiger partial charge in [-0.2, -0.15) is 0 Å². The molecule has 0 aromatic carbocycles. The quantitative estimate of drug-likeness (QED) is 0.0195. The second kappa shape index (κ2) is 78.8. The number of allylic oxidation sites excluding steroid dienone is 26. The molecule has 0 N–H and O–H groups in total. The van der Waals surface area contributed by atoms with Crippen molar-refractivity contribution in [1.82, 2.24) is 0 Å². The van der Waals surface area contributed by atoms with E-state index in [-0.39, 0.29) is 32.0 Å². The lowest BCUT2D eigenvalue weighted by molar-refractivity contribution is -0.870. The van der Waals surface area contributed by atoms with Crippen LogP contribution >= 0.6 is 7.82 Å². The molecule has 0 bridgehead atoms. The van der Waals surface area contributed by atoms with Crippen LogP contribution in [0.4, 0.5) is 0 Å². The number of carbonyl (C=O) groups is 2. The highest BCUT2D eigenvalue weighted by molar-refractivity contribution is 7.45. The summed E-state index contributed by atoms with van der Waals surface area (Å²) in [6.07, 6.45) is 118. The maximum atomic E-state index is 12.9. The molecule has 2 atom stereocenters. The molecule has 0 aliphatic carbocycles. The Hall–Kier alpha value is -4.37. The highest BCUT2D eigenvalue weighted by Crippen LogP contribution is 2.38. The van der Waals surface area contributed by atoms with Crippen LogP contribution in [0.3, 0.4) is 0 Å². The molecule has 0 aliphatic heterocycles. The van der Waals surface area contributed by atoms with E-state index < -0.39 is 26.5 Å². The second-order valence-electron chi connectivity index (χ2n) is 28.4. The van der Waals surface area contributed by atoms with Gasteiger partial charge in [-0.05, 0) is 122 Å². The summed E-state index contributed by atoms with van der Waals surface area (Å²) in [5, 5.41) is 0. The van der Waals surface area contributed by atoms with Crippen molar-refractivity contribution in [3.8, 4) is 0 Å². The highest BCUT2D eigenvalue weighted by atomic mass is 31.2. The molecule has 0 rings (SSSR count). The summed E-state index contributed by atoms with van der Waals surface area (Å²) in [6, 6.07) is 0. The Labute approximate surface area is 617 Å². The van der Waals surface area contributed by atoms with Crippen molar-refractivity contribution in [1.29, 1.82) is 0 Å². The van der Waals surface area contributed by atoms with Gasteiger partial charge in [-0.25, -0.2) is 0 Å². The first-order chi connectivity index (χ1) is 49.0. The third kappa shape index (κ3) is 82.6. The number of likely N-dealkylation sites (N-methyl/N-ethyl adjacent to an activating group) is 1. The molecule has 0 aromatic heterocycles. The van der Waals surface area contributed by atoms with Gasteiger partial charge in [0.05, 0.1) is 27.7 Å². The zero-order valence-corrected chi connectivity index (χ0v) is 66.2. The van der Waals surface area contributed by atoms with Gasteiger partial charge in [0.1, 0.15) is 19.8 Å². The molecule has 572 valence electrons. The SMILES string of the molecule is CC/C=C\C/C=C\C/C=C\C/C=C\C/C=C\C/C=C\C/C=C\C/C=C\CCCCCCCCCCCCCCC(=O)OC(COC(=O)CCCCCCCCCCCCCCCCCCCCCCCCC/C=C\C/C=C\C/C=C\C/C=C\C/C=C\CC)COP(=O)([O-])OCC[N+](C)(C)C. The Kier molecular flexibility index (Phi) is 75.3. The third-order valence-electron chi connectivity index (χ3n) is 17.5. The van der Waals surface area contributed by atoms with Crippen LogP contribution in [-0.4, -0.2) is 70.0 Å². The minimum absolute atomic E-state index is 0.0354. The van der Waals surface area contributed by atoms with Crippen molar-refractivity contribution in [3.63, 3.8) is 0 Å². The Morgan fingerprint density at radius 3 is 0.800 bits per heavy atom. The molecule has 0 amide bonds. The van der Waals surface area contributed by atoms with Crippen LogP contribution in [-0.2, 0) is 32.7 Å². The molecule has 10 heteroatoms. The summed E-state index contributed by atoms with van der Waals surface area (Å²) in [7, 11) is 1.16. The van der Waals surface area contributed by atoms with E-state index in [1.807, 2.05) is 21.1 Å². The highest BCUT2D eigenvalue weighted by Gasteiger charge is 2.22. The number of hydrogen-bond donors (Lipinski definition) is 0. The van der Waals surface area contributed by atoms with E-state index in [1.165, 1.54) is 193 Å². The van der Waals surface area contributed by atoms with Crippen molar-refractivity contribution >= 4 is 19.8 Å². The van der Waals surface area contributed by atoms with E-state index >= 15 is 0 Å². The number of carbonyl (C=O) groups excluding carboxylic acids is 2. The van der Waals surface area contributed by atoms with Crippen LogP contribution in [0.5, 0.6) is 0 Å². The number of nitrogens with zero attached hydrogens (tertiary/aromatic N) is 1. The van der Waals surface area contributed by atoms with Gasteiger partial charge in [0, 0.05) is 12.8 Å². The van der Waals surface area contributed by atoms with E-state index in [1.54, 1.807) is 0 Å². The molecule has 0 aliphatic rings. The fourth-order valence-electron chi connectivity index (χ4n) is 11.4. The first kappa shape index (κ1) is 95.6. The molecule has 0 saturated carbocycles. The van der Waals surface area contributed by atoms with E-state index in [0.717, 1.165) is 122 Å². The van der Waals surface area contributed by atoms with Crippen LogP contribution in [0, 0.1) is 0 Å². The molecule has 9 nitrogen and oxygen atoms in total. The molecule has 0 fully saturated rings. The average Bonchev–Trinajstić information content (AvgIpc) is 1.02. The summed E-state index contributed by atoms with van der Waals surface area (Å²) in [6.45, 7) is 4.04. The number of esters is 2. The van der Waals surface area contributed by atoms with Crippen LogP contribution < -0.4 is 4.89 Å². The Morgan fingerprint density at radius 2 is 0.540 bits per heavy atom. The molecule has 0 heterocycles. The zero-order chi connectivity index (χ0) is 72.5. The topological polar surface area (TPSA) is 111 Å². The van der Waals surface area contributed by atoms with E-state index in [2.05, 4.69) is 172 Å². The van der Waals surface area contributed by atoms with Gasteiger partial charge in [-0.1, -0.05) is 371 Å². The lowest BCUT2D eigenvalue weighted by atomic mass is 10.0. The third-order valence-corrected chi connectivity index (χ3v) is 18.5. The maximum Gasteiger partial charge on any atom is 0.306 e. The number of quaternary nitrogens is 1. The van der Waals surface area contributed by atoms with E-state index in [0.29, 0.717) is 17.4 Å². The molecule has 100 heavy (non-hydrogen) atoms. The maximum absolute atomic E-state index is 12.9. The summed E-state index contributed by atoms with van der Waals surface area (Å²) < 4.78 is 34.4. The van der Waals surface area contributed by atoms with Crippen LogP contribution in [0.2, 0.25) is 0 Å². The predicted molar refractivity (Wildman–Crippen MR) is 434 cm³/mol. The molecule has 0 saturated heterocycles. The number of hydrogen-bond acceptors (Lipinski definition) is 8. The number of unbranched alkanes of at least 4 members (excludes halogenated alkanes) is 35. The van der Waals surface area contributed by atoms with Gasteiger partial charge in [0.2, 0.25) is 0 Å². The van der Waals surface area contributed by atoms with Gasteiger partial charge in [-0.15, -0.1) is 0 Å². The Balaban J connectivity index is 3.97. The minimum Gasteiger partial charge on any atom is -0.756 e. The summed E-state index contributed by atoms with van der Waals surface area (Å²) >= 11 is 0. The van der Waals surface area contributed by atoms with Gasteiger partial charge in [-0.3, -0.25) is 14.2 Å². The molecule has 2 unspecified atom stereocenters. The number of ether oxygens (including phenoxy) is 2. The Morgan fingerprint density at radius 1 is 0.310 bits per heavy atom. The van der Waals surface area contributed by atoms with Crippen molar-refractivity contribution in [2.24, 2.45) is 0 Å². The van der Waals surface area contributed by atoms with Gasteiger partial charge in [0.15, 0.2) is 6.10 Å². The smallest absolute Gasteiger partial charge is 0.306 e. The molecule has 0 spiro atoms. The largest absolute Gasteiger partial charge is 0.756 e. The lowest BCUT2D eigenvalue weighted by Gasteiger charge is -2.28. The fourth-order valence-corrected chi connectivity index (χ4v) is 12.1. The number of phosphoric ester groups is 1. The van der Waals surface area contributed by atoms with Gasteiger partial charge >= 0.3 is 11.9 Å². The summed E-state index contributed by atoms with van der Waals surface area (Å²) in [4.78, 5) is 38.2. The first-order valence-corrected chi connectivity index (χ1v) is 42.7. The minimum atomic E-state index is -4.65. The molecule has 0 aromatic rings. The van der Waals surface area contributed by atoms with Crippen molar-refractivity contribution < 1.29 is 42.1 Å². The monoisotopic (exact) mass is 1410 g/mol. The fraction of sp³-hybridized carbons (Fsp3) is 0.689. The molecular formula is C90H154NO8P. The van der Waals surface area contributed by atoms with Crippen molar-refractivity contribution in [2.75, 3.05) is 47.5 Å². The second-order valence-corrected chi connectivity index (χ2v) is 29.8. The first-order valence-electron chi connectivity index (χ1n) is 41.2. The van der Waals surface area contributed by atoms with Crippen LogP contribution in [0.1, 0.15) is 348 Å². The number of rotatable bonds is 75. The predicted octanol–water partition coefficient (Wildman–Crippen LogP) is 27.2. The summed E-state index contributed by atoms with van der Waals surface area (Å²) in [5.74, 6) is -0.828. The van der Waals surface area contributed by atoms with Gasteiger partial charge < -0.3 is 27.9 Å². The Bertz CT molecular complexity index is 2250. The molecular weight excluding hydrogens is 1250 g/mol. The lowest BCUT2D eigenvalue weighted by Crippen LogP contribution is -2.37. The zero-order valence-electron chi connectivity index (χ0n) is 65.3. The molecule has 0 radical (unpaired) electrons. The average molecular weight is 1410 g/mol. The van der Waals surface area contributed by atoms with E-state index in [9.17, 15) is 19.0 Å². The summed E-state index contributed by atoms with van der Waals surface area (Å²) in [5.41, 5.74) is 0. The van der Waals surface area contributed by atoms with Crippen molar-refractivity contribution in [2.45, 2.75) is 354 Å². The number of phosphoric acid groups is 1. The van der Waals surface area contributed by atoms with Crippen molar-refractivity contribution in [3.05, 3.63) is 158 Å². The normalized spacial score (nSPS) is 13.9. The van der Waals surface area contributed by atoms with Gasteiger partial charge in [0.25, 0.3) is 7.82 Å². The van der Waals surface area contributed by atoms with Crippen LogP contribution in [0.15, 0.2) is 158 Å².